The Bertz CT molecular complexity index is 2170. The van der Waals surface area contributed by atoms with Crippen molar-refractivity contribution in [1.29, 1.82) is 0 Å². The molecule has 0 aromatic heterocycles. The molecule has 0 N–H and O–H groups in total. The zero-order chi connectivity index (χ0) is 31.4. The van der Waals surface area contributed by atoms with Crippen molar-refractivity contribution in [3.8, 4) is 34.1 Å². The Labute approximate surface area is 276 Å². The van der Waals surface area contributed by atoms with Crippen LogP contribution in [0.15, 0.2) is 170 Å². The van der Waals surface area contributed by atoms with E-state index in [0.717, 1.165) is 39.7 Å². The van der Waals surface area contributed by atoms with Crippen LogP contribution in [-0.4, -0.2) is 8.07 Å². The normalized spacial score (nSPS) is 13.0. The number of fused-ring (bicyclic) bond motifs is 4. The third-order valence-corrected chi connectivity index (χ3v) is 14.5. The van der Waals surface area contributed by atoms with Crippen molar-refractivity contribution < 1.29 is 9.47 Å². The number of benzene rings is 7. The fraction of sp³-hybridized carbons (Fsp3) is 0.0455. The third-order valence-electron chi connectivity index (χ3n) is 9.79. The number of hydrogen-bond acceptors (Lipinski definition) is 2. The number of hydrogen-bond donors (Lipinski definition) is 0. The smallest absolute Gasteiger partial charge is 0.179 e. The average Bonchev–Trinajstić information content (AvgIpc) is 3.13. The molecule has 2 aliphatic rings. The first-order chi connectivity index (χ1) is 23.2. The second-order valence-corrected chi connectivity index (χ2v) is 16.3. The summed E-state index contributed by atoms with van der Waals surface area (Å²) >= 11 is 0. The summed E-state index contributed by atoms with van der Waals surface area (Å²) < 4.78 is 13.3. The Hall–Kier alpha value is -5.64. The first-order valence-electron chi connectivity index (χ1n) is 16.2. The lowest BCUT2D eigenvalue weighted by Gasteiger charge is -2.35. The Kier molecular flexibility index (Phi) is 6.48. The van der Waals surface area contributed by atoms with Gasteiger partial charge in [0.05, 0.1) is 0 Å². The van der Waals surface area contributed by atoms with Crippen molar-refractivity contribution in [1.82, 2.24) is 0 Å². The molecule has 0 amide bonds. The fourth-order valence-electron chi connectivity index (χ4n) is 7.75. The fourth-order valence-corrected chi connectivity index (χ4v) is 12.6. The van der Waals surface area contributed by atoms with Crippen molar-refractivity contribution in [3.05, 3.63) is 192 Å². The summed E-state index contributed by atoms with van der Waals surface area (Å²) in [5.74, 6) is 3.58. The maximum atomic E-state index is 6.65. The molecule has 7 aromatic carbocycles. The van der Waals surface area contributed by atoms with Gasteiger partial charge in [-0.05, 0) is 63.1 Å². The van der Waals surface area contributed by atoms with Crippen molar-refractivity contribution >= 4 is 28.8 Å². The average molecular weight is 621 g/mol. The molecule has 0 saturated heterocycles. The number of ether oxygens (including phenoxy) is 2. The minimum Gasteiger partial charge on any atom is -0.457 e. The first-order valence-corrected chi connectivity index (χ1v) is 18.2. The molecule has 2 nitrogen and oxygen atoms in total. The van der Waals surface area contributed by atoms with Crippen LogP contribution >= 0.6 is 0 Å². The summed E-state index contributed by atoms with van der Waals surface area (Å²) in [5.41, 5.74) is 6.92. The standard InChI is InChI=1S/C44H32O2Si/c1-30-14-12-20-35(26-30)47(33-16-4-2-5-17-33,34-18-6-3-7-19-34)36-21-13-15-31(27-36)32-28-41-44-42(29-32)46-40-25-11-9-23-38(40)43(44)37-22-8-10-24-39(37)45-41/h2-29,43H,1H3. The number of rotatable bonds is 5. The Morgan fingerprint density at radius 2 is 0.894 bits per heavy atom. The van der Waals surface area contributed by atoms with E-state index in [9.17, 15) is 0 Å². The molecule has 47 heavy (non-hydrogen) atoms. The summed E-state index contributed by atoms with van der Waals surface area (Å²) in [5, 5.41) is 5.42. The van der Waals surface area contributed by atoms with Crippen LogP contribution in [0.5, 0.6) is 23.0 Å². The molecule has 0 atom stereocenters. The minimum absolute atomic E-state index is 0.0628. The Morgan fingerprint density at radius 1 is 0.404 bits per heavy atom. The summed E-state index contributed by atoms with van der Waals surface area (Å²) in [7, 11) is -2.70. The molecule has 2 heterocycles. The lowest BCUT2D eigenvalue weighted by Crippen LogP contribution is -2.74. The lowest BCUT2D eigenvalue weighted by atomic mass is 9.79. The highest BCUT2D eigenvalue weighted by molar-refractivity contribution is 7.19. The van der Waals surface area contributed by atoms with E-state index in [-0.39, 0.29) is 5.92 Å². The zero-order valence-electron chi connectivity index (χ0n) is 26.1. The van der Waals surface area contributed by atoms with Crippen LogP contribution in [0.3, 0.4) is 0 Å². The van der Waals surface area contributed by atoms with Crippen LogP contribution in [0.1, 0.15) is 28.2 Å². The van der Waals surface area contributed by atoms with Gasteiger partial charge in [0.1, 0.15) is 23.0 Å². The van der Waals surface area contributed by atoms with E-state index in [4.69, 9.17) is 9.47 Å². The topological polar surface area (TPSA) is 18.5 Å². The highest BCUT2D eigenvalue weighted by atomic mass is 28.3. The van der Waals surface area contributed by atoms with Gasteiger partial charge in [-0.2, -0.15) is 0 Å². The van der Waals surface area contributed by atoms with Crippen molar-refractivity contribution in [2.45, 2.75) is 12.8 Å². The van der Waals surface area contributed by atoms with Crippen LogP contribution in [0.2, 0.25) is 0 Å². The van der Waals surface area contributed by atoms with E-state index in [2.05, 4.69) is 165 Å². The number of para-hydroxylation sites is 2. The Morgan fingerprint density at radius 3 is 1.47 bits per heavy atom. The predicted octanol–water partition coefficient (Wildman–Crippen LogP) is 8.43. The quantitative estimate of drug-likeness (QED) is 0.142. The van der Waals surface area contributed by atoms with E-state index in [1.807, 2.05) is 12.1 Å². The molecule has 0 fully saturated rings. The maximum absolute atomic E-state index is 6.65. The molecule has 0 aliphatic carbocycles. The molecule has 0 radical (unpaired) electrons. The maximum Gasteiger partial charge on any atom is 0.179 e. The van der Waals surface area contributed by atoms with E-state index >= 15 is 0 Å². The Balaban J connectivity index is 1.27. The molecule has 7 aromatic rings. The van der Waals surface area contributed by atoms with Gasteiger partial charge < -0.3 is 9.47 Å². The van der Waals surface area contributed by atoms with Gasteiger partial charge in [0, 0.05) is 22.6 Å². The first kappa shape index (κ1) is 27.6. The van der Waals surface area contributed by atoms with Gasteiger partial charge in [0.2, 0.25) is 0 Å². The van der Waals surface area contributed by atoms with Gasteiger partial charge in [-0.1, -0.05) is 151 Å². The molecule has 0 unspecified atom stereocenters. The second-order valence-electron chi connectivity index (χ2n) is 12.5. The molecule has 0 spiro atoms. The second kappa shape index (κ2) is 11.0. The van der Waals surface area contributed by atoms with Crippen LogP contribution in [0.25, 0.3) is 11.1 Å². The summed E-state index contributed by atoms with van der Waals surface area (Å²) in [4.78, 5) is 0. The largest absolute Gasteiger partial charge is 0.457 e. The van der Waals surface area contributed by atoms with Gasteiger partial charge in [0.15, 0.2) is 8.07 Å². The molecule has 3 heteroatoms. The highest BCUT2D eigenvalue weighted by Crippen LogP contribution is 2.57. The van der Waals surface area contributed by atoms with Crippen molar-refractivity contribution in [3.63, 3.8) is 0 Å². The summed E-state index contributed by atoms with van der Waals surface area (Å²) in [6.45, 7) is 2.19. The molecule has 2 aliphatic heterocycles. The monoisotopic (exact) mass is 620 g/mol. The van der Waals surface area contributed by atoms with Crippen LogP contribution in [0, 0.1) is 6.92 Å². The number of aryl methyl sites for hydroxylation is 1. The van der Waals surface area contributed by atoms with Crippen LogP contribution < -0.4 is 30.2 Å². The van der Waals surface area contributed by atoms with E-state index < -0.39 is 8.07 Å². The molecule has 0 saturated carbocycles. The van der Waals surface area contributed by atoms with Gasteiger partial charge in [-0.3, -0.25) is 0 Å². The molecular formula is C44H32O2Si. The van der Waals surface area contributed by atoms with E-state index in [1.54, 1.807) is 0 Å². The minimum atomic E-state index is -2.70. The molecular weight excluding hydrogens is 589 g/mol. The lowest BCUT2D eigenvalue weighted by molar-refractivity contribution is 0.410. The van der Waals surface area contributed by atoms with E-state index in [0.29, 0.717) is 0 Å². The SMILES string of the molecule is Cc1cccc([Si](c2ccccc2)(c2ccccc2)c2cccc(-c3cc4c5c(c3)Oc3ccccc3C5c3ccccc3O4)c2)c1. The predicted molar refractivity (Wildman–Crippen MR) is 194 cm³/mol. The van der Waals surface area contributed by atoms with Gasteiger partial charge in [-0.25, -0.2) is 0 Å². The van der Waals surface area contributed by atoms with Crippen molar-refractivity contribution in [2.24, 2.45) is 0 Å². The highest BCUT2D eigenvalue weighted by Gasteiger charge is 2.42. The van der Waals surface area contributed by atoms with E-state index in [1.165, 1.54) is 37.4 Å². The van der Waals surface area contributed by atoms with Crippen LogP contribution in [0.4, 0.5) is 0 Å². The summed E-state index contributed by atoms with van der Waals surface area (Å²) in [6, 6.07) is 61.7. The third kappa shape index (κ3) is 4.39. The van der Waals surface area contributed by atoms with Gasteiger partial charge in [-0.15, -0.1) is 0 Å². The van der Waals surface area contributed by atoms with Gasteiger partial charge in [0.25, 0.3) is 0 Å². The van der Waals surface area contributed by atoms with Gasteiger partial charge >= 0.3 is 0 Å². The van der Waals surface area contributed by atoms with Crippen LogP contribution in [-0.2, 0) is 0 Å². The molecule has 224 valence electrons. The molecule has 0 bridgehead atoms. The summed E-state index contributed by atoms with van der Waals surface area (Å²) in [6.07, 6.45) is 0. The zero-order valence-corrected chi connectivity index (χ0v) is 27.1. The van der Waals surface area contributed by atoms with Crippen molar-refractivity contribution in [2.75, 3.05) is 0 Å². The molecule has 9 rings (SSSR count).